The Bertz CT molecular complexity index is 560. The molecule has 0 aliphatic heterocycles. The first-order valence-electron chi connectivity index (χ1n) is 5.22. The summed E-state index contributed by atoms with van der Waals surface area (Å²) in [6, 6.07) is 0. The Morgan fingerprint density at radius 3 is 2.58 bits per heavy atom. The molecule has 0 saturated carbocycles. The highest BCUT2D eigenvalue weighted by atomic mass is 32.2. The number of nitrogens with zero attached hydrogens (tertiary/aromatic N) is 3. The van der Waals surface area contributed by atoms with E-state index in [1.165, 1.54) is 0 Å². The molecular weight excluding hydrogens is 276 g/mol. The topological polar surface area (TPSA) is 153 Å². The second kappa shape index (κ2) is 6.24. The molecule has 1 rings (SSSR count). The molecule has 106 valence electrons. The molecule has 0 unspecified atom stereocenters. The maximum atomic E-state index is 10.9. The molecule has 0 radical (unpaired) electrons. The van der Waals surface area contributed by atoms with Crippen LogP contribution in [0.1, 0.15) is 6.42 Å². The van der Waals surface area contributed by atoms with Crippen molar-refractivity contribution in [3.8, 4) is 0 Å². The molecule has 0 fully saturated rings. The Morgan fingerprint density at radius 1 is 1.42 bits per heavy atom. The van der Waals surface area contributed by atoms with E-state index in [2.05, 4.69) is 20.7 Å². The molecule has 1 aromatic rings. The number of hydrogen-bond donors (Lipinski definition) is 3. The summed E-state index contributed by atoms with van der Waals surface area (Å²) in [5, 5.41) is 13.6. The molecule has 0 aromatic carbocycles. The highest BCUT2D eigenvalue weighted by Crippen LogP contribution is 2.27. The normalized spacial score (nSPS) is 11.1. The van der Waals surface area contributed by atoms with Crippen molar-refractivity contribution >= 4 is 27.2 Å². The van der Waals surface area contributed by atoms with Gasteiger partial charge < -0.3 is 10.7 Å². The summed E-state index contributed by atoms with van der Waals surface area (Å²) in [5.41, 5.74) is 1.72. The number of nitrogen functional groups attached to an aromatic ring is 1. The van der Waals surface area contributed by atoms with Crippen molar-refractivity contribution in [2.24, 2.45) is 5.84 Å². The SMILES string of the molecule is CS(=O)(=O)CCCNc1ncnc(NN)c1[N+](=O)[O-]. The summed E-state index contributed by atoms with van der Waals surface area (Å²) in [5.74, 6) is 4.97. The van der Waals surface area contributed by atoms with E-state index in [-0.39, 0.29) is 29.6 Å². The van der Waals surface area contributed by atoms with Crippen molar-refractivity contribution in [1.82, 2.24) is 9.97 Å². The van der Waals surface area contributed by atoms with Crippen LogP contribution in [0.15, 0.2) is 6.33 Å². The fourth-order valence-electron chi connectivity index (χ4n) is 1.33. The van der Waals surface area contributed by atoms with Crippen molar-refractivity contribution in [3.63, 3.8) is 0 Å². The molecule has 0 atom stereocenters. The van der Waals surface area contributed by atoms with Gasteiger partial charge in [0.1, 0.15) is 16.2 Å². The zero-order valence-electron chi connectivity index (χ0n) is 10.2. The van der Waals surface area contributed by atoms with Crippen LogP contribution in [0.3, 0.4) is 0 Å². The fourth-order valence-corrected chi connectivity index (χ4v) is 2.00. The number of nitrogens with one attached hydrogen (secondary N) is 2. The lowest BCUT2D eigenvalue weighted by atomic mass is 10.4. The number of rotatable bonds is 7. The first-order valence-corrected chi connectivity index (χ1v) is 7.29. The van der Waals surface area contributed by atoms with Crippen molar-refractivity contribution in [1.29, 1.82) is 0 Å². The molecule has 4 N–H and O–H groups in total. The third-order valence-corrected chi connectivity index (χ3v) is 3.16. The van der Waals surface area contributed by atoms with Crippen LogP contribution < -0.4 is 16.6 Å². The molecule has 11 heteroatoms. The van der Waals surface area contributed by atoms with Crippen molar-refractivity contribution in [2.45, 2.75) is 6.42 Å². The average Bonchev–Trinajstić information content (AvgIpc) is 2.32. The number of nitro groups is 1. The third kappa shape index (κ3) is 4.63. The first kappa shape index (κ1) is 15.0. The van der Waals surface area contributed by atoms with E-state index in [0.29, 0.717) is 6.42 Å². The van der Waals surface area contributed by atoms with Crippen LogP contribution >= 0.6 is 0 Å². The molecule has 10 nitrogen and oxygen atoms in total. The largest absolute Gasteiger partial charge is 0.364 e. The number of nitrogens with two attached hydrogens (primary N) is 1. The van der Waals surface area contributed by atoms with Crippen LogP contribution in [0.2, 0.25) is 0 Å². The van der Waals surface area contributed by atoms with E-state index in [4.69, 9.17) is 5.84 Å². The van der Waals surface area contributed by atoms with E-state index >= 15 is 0 Å². The van der Waals surface area contributed by atoms with E-state index in [0.717, 1.165) is 12.6 Å². The number of hydrazine groups is 1. The van der Waals surface area contributed by atoms with Crippen LogP contribution in [-0.2, 0) is 9.84 Å². The Hall–Kier alpha value is -2.01. The molecule has 0 saturated heterocycles. The van der Waals surface area contributed by atoms with Crippen molar-refractivity contribution in [3.05, 3.63) is 16.4 Å². The van der Waals surface area contributed by atoms with Gasteiger partial charge in [0.25, 0.3) is 0 Å². The quantitative estimate of drug-likeness (QED) is 0.261. The summed E-state index contributed by atoms with van der Waals surface area (Å²) in [6.45, 7) is 0.231. The summed E-state index contributed by atoms with van der Waals surface area (Å²) < 4.78 is 21.9. The van der Waals surface area contributed by atoms with Gasteiger partial charge in [-0.3, -0.25) is 10.1 Å². The number of aromatic nitrogens is 2. The maximum absolute atomic E-state index is 10.9. The smallest absolute Gasteiger partial charge is 0.354 e. The molecule has 19 heavy (non-hydrogen) atoms. The number of sulfone groups is 1. The van der Waals surface area contributed by atoms with Gasteiger partial charge in [-0.15, -0.1) is 0 Å². The Labute approximate surface area is 109 Å². The van der Waals surface area contributed by atoms with E-state index < -0.39 is 14.8 Å². The van der Waals surface area contributed by atoms with Gasteiger partial charge in [-0.05, 0) is 6.42 Å². The molecule has 1 heterocycles. The minimum atomic E-state index is -3.06. The van der Waals surface area contributed by atoms with Crippen LogP contribution in [0.25, 0.3) is 0 Å². The van der Waals surface area contributed by atoms with Crippen LogP contribution in [0, 0.1) is 10.1 Å². The average molecular weight is 290 g/mol. The highest BCUT2D eigenvalue weighted by Gasteiger charge is 2.21. The van der Waals surface area contributed by atoms with E-state index in [1.54, 1.807) is 0 Å². The van der Waals surface area contributed by atoms with Crippen LogP contribution in [0.5, 0.6) is 0 Å². The fraction of sp³-hybridized carbons (Fsp3) is 0.500. The van der Waals surface area contributed by atoms with Gasteiger partial charge in [0, 0.05) is 12.8 Å². The molecule has 0 amide bonds. The third-order valence-electron chi connectivity index (χ3n) is 2.13. The molecule has 0 aliphatic rings. The predicted octanol–water partition coefficient (Wildman–Crippen LogP) is -0.483. The Balaban J connectivity index is 2.76. The van der Waals surface area contributed by atoms with E-state index in [9.17, 15) is 18.5 Å². The molecular formula is C8H14N6O4S. The van der Waals surface area contributed by atoms with Crippen LogP contribution in [-0.4, -0.2) is 41.9 Å². The first-order chi connectivity index (χ1) is 8.85. The standard InChI is InChI=1S/C8H14N6O4S/c1-19(17,18)4-2-3-10-7-6(14(15)16)8(13-9)12-5-11-7/h5H,2-4,9H2,1H3,(H2,10,11,12,13). The maximum Gasteiger partial charge on any atom is 0.354 e. The van der Waals surface area contributed by atoms with Gasteiger partial charge >= 0.3 is 5.69 Å². The highest BCUT2D eigenvalue weighted by molar-refractivity contribution is 7.90. The van der Waals surface area contributed by atoms with Gasteiger partial charge in [-0.2, -0.15) is 0 Å². The zero-order chi connectivity index (χ0) is 14.5. The lowest BCUT2D eigenvalue weighted by molar-refractivity contribution is -0.383. The van der Waals surface area contributed by atoms with Gasteiger partial charge in [-0.25, -0.2) is 24.2 Å². The van der Waals surface area contributed by atoms with Crippen LogP contribution in [0.4, 0.5) is 17.3 Å². The van der Waals surface area contributed by atoms with Gasteiger partial charge in [0.2, 0.25) is 11.6 Å². The second-order valence-electron chi connectivity index (χ2n) is 3.73. The number of anilines is 2. The molecule has 1 aromatic heterocycles. The second-order valence-corrected chi connectivity index (χ2v) is 5.99. The van der Waals surface area contributed by atoms with Gasteiger partial charge in [0.05, 0.1) is 10.7 Å². The summed E-state index contributed by atoms with van der Waals surface area (Å²) in [6.07, 6.45) is 2.54. The summed E-state index contributed by atoms with van der Waals surface area (Å²) in [4.78, 5) is 17.6. The molecule has 0 bridgehead atoms. The van der Waals surface area contributed by atoms with Gasteiger partial charge in [-0.1, -0.05) is 0 Å². The van der Waals surface area contributed by atoms with E-state index in [1.807, 2.05) is 0 Å². The minimum absolute atomic E-state index is 0.0125. The summed E-state index contributed by atoms with van der Waals surface area (Å²) in [7, 11) is -3.06. The number of hydrogen-bond acceptors (Lipinski definition) is 9. The molecule has 0 spiro atoms. The van der Waals surface area contributed by atoms with Gasteiger partial charge in [0.15, 0.2) is 0 Å². The monoisotopic (exact) mass is 290 g/mol. The predicted molar refractivity (Wildman–Crippen MR) is 69.3 cm³/mol. The lowest BCUT2D eigenvalue weighted by Crippen LogP contribution is -2.15. The molecule has 0 aliphatic carbocycles. The summed E-state index contributed by atoms with van der Waals surface area (Å²) >= 11 is 0. The minimum Gasteiger partial charge on any atom is -0.364 e. The Kier molecular flexibility index (Phi) is 4.94. The lowest BCUT2D eigenvalue weighted by Gasteiger charge is -2.07. The Morgan fingerprint density at radius 2 is 2.05 bits per heavy atom. The van der Waals surface area contributed by atoms with Crippen molar-refractivity contribution in [2.75, 3.05) is 29.3 Å². The van der Waals surface area contributed by atoms with Crippen molar-refractivity contribution < 1.29 is 13.3 Å². The zero-order valence-corrected chi connectivity index (χ0v) is 11.0.